The van der Waals surface area contributed by atoms with Crippen molar-refractivity contribution in [3.05, 3.63) is 82.0 Å². The Morgan fingerprint density at radius 3 is 1.99 bits per heavy atom. The molecule has 21 heteroatoms. The number of ketones is 3. The molecule has 1 spiro atoms. The van der Waals surface area contributed by atoms with Crippen LogP contribution in [0.25, 0.3) is 0 Å². The molecule has 3 aliphatic heterocycles. The molecule has 21 nitrogen and oxygen atoms in total. The van der Waals surface area contributed by atoms with Crippen molar-refractivity contribution >= 4 is 58.6 Å². The quantitative estimate of drug-likeness (QED) is 0.0409. The summed E-state index contributed by atoms with van der Waals surface area (Å²) in [4.78, 5) is 116. The maximum absolute atomic E-state index is 15.2. The average molecular weight is 1270 g/mol. The number of carbonyl (C=O) groups excluding carboxylic acids is 8. The maximum atomic E-state index is 15.2. The molecule has 2 N–H and O–H groups in total. The molecule has 2 saturated carbocycles. The van der Waals surface area contributed by atoms with Crippen LogP contribution in [0, 0.1) is 23.7 Å². The lowest BCUT2D eigenvalue weighted by atomic mass is 9.57. The molecular formula is C71H97N7O14. The number of piperazine rings is 2. The molecule has 9 rings (SSSR count). The third kappa shape index (κ3) is 16.3. The van der Waals surface area contributed by atoms with Gasteiger partial charge in [0.05, 0.1) is 45.1 Å². The number of nitrogens with zero attached hydrogens (tertiary/aromatic N) is 5. The van der Waals surface area contributed by atoms with E-state index in [9.17, 15) is 33.6 Å². The zero-order valence-electron chi connectivity index (χ0n) is 55.8. The molecule has 5 amide bonds. The Balaban J connectivity index is 0.778. The second-order valence-electron chi connectivity index (χ2n) is 27.5. The Kier molecular flexibility index (Phi) is 22.5. The summed E-state index contributed by atoms with van der Waals surface area (Å²) in [5, 5.41) is 6.18. The normalized spacial score (nSPS) is 24.2. The number of nitrogens with one attached hydrogen (secondary N) is 2. The first-order valence-electron chi connectivity index (χ1n) is 33.2. The SMILES string of the molecule is CC#CC12CCC3C4CCC5=CC(=O)CCC5=C4C(c4ccc(N(C)CCCC(=O)N5CCN(C(=O)OC(C)(C)C)CC5C(=O)N5CCN(C(=O)OC(C)(C)C)CC5C(=O)NCCCOCCOCCOCCCNc5cccc(C(C)=O)c5C(C)=O)cc4)CC31O2. The van der Waals surface area contributed by atoms with Crippen molar-refractivity contribution in [2.75, 3.05) is 116 Å². The van der Waals surface area contributed by atoms with Crippen LogP contribution in [0.1, 0.15) is 165 Å². The predicted octanol–water partition coefficient (Wildman–Crippen LogP) is 8.69. The fraction of sp³-hybridized carbons (Fsp3) is 0.634. The van der Waals surface area contributed by atoms with Gasteiger partial charge in [0.2, 0.25) is 17.7 Å². The lowest BCUT2D eigenvalue weighted by Gasteiger charge is -2.46. The van der Waals surface area contributed by atoms with Crippen molar-refractivity contribution in [2.45, 2.75) is 173 Å². The molecular weight excluding hydrogens is 1170 g/mol. The number of epoxide rings is 1. The van der Waals surface area contributed by atoms with Crippen LogP contribution in [0.5, 0.6) is 0 Å². The Morgan fingerprint density at radius 1 is 0.728 bits per heavy atom. The van der Waals surface area contributed by atoms with E-state index in [2.05, 4.69) is 51.6 Å². The highest BCUT2D eigenvalue weighted by Crippen LogP contribution is 2.73. The van der Waals surface area contributed by atoms with E-state index in [0.29, 0.717) is 107 Å². The summed E-state index contributed by atoms with van der Waals surface area (Å²) >= 11 is 0. The summed E-state index contributed by atoms with van der Waals surface area (Å²) in [6, 6.07) is 11.7. The maximum Gasteiger partial charge on any atom is 0.410 e. The number of carbonyl (C=O) groups is 8. The van der Waals surface area contributed by atoms with Crippen LogP contribution in [0.3, 0.4) is 0 Å². The van der Waals surface area contributed by atoms with Crippen molar-refractivity contribution in [1.29, 1.82) is 0 Å². The fourth-order valence-corrected chi connectivity index (χ4v) is 14.7. The van der Waals surface area contributed by atoms with Crippen molar-refractivity contribution in [3.8, 4) is 11.8 Å². The van der Waals surface area contributed by atoms with Gasteiger partial charge in [0.25, 0.3) is 0 Å². The van der Waals surface area contributed by atoms with E-state index in [1.54, 1.807) is 59.7 Å². The number of anilines is 2. The third-order valence-corrected chi connectivity index (χ3v) is 18.9. The number of allylic oxidation sites excluding steroid dienone is 4. The molecule has 92 heavy (non-hydrogen) atoms. The number of Topliss-reactive ketones (excluding diaryl/α,β-unsaturated/α-hetero) is 2. The van der Waals surface area contributed by atoms with Gasteiger partial charge in [-0.15, -0.1) is 5.92 Å². The summed E-state index contributed by atoms with van der Waals surface area (Å²) in [6.45, 7) is 18.7. The Morgan fingerprint density at radius 2 is 1.36 bits per heavy atom. The third-order valence-electron chi connectivity index (χ3n) is 18.9. The molecule has 5 fully saturated rings. The molecule has 4 aliphatic carbocycles. The molecule has 500 valence electrons. The lowest BCUT2D eigenvalue weighted by Crippen LogP contribution is -2.68. The van der Waals surface area contributed by atoms with Crippen LogP contribution in [0.15, 0.2) is 65.3 Å². The topological polar surface area (TPSA) is 235 Å². The summed E-state index contributed by atoms with van der Waals surface area (Å²) < 4.78 is 35.4. The number of amides is 5. The monoisotopic (exact) mass is 1270 g/mol. The number of ether oxygens (including phenoxy) is 6. The molecule has 0 radical (unpaired) electrons. The molecule has 3 saturated heterocycles. The van der Waals surface area contributed by atoms with Gasteiger partial charge in [-0.3, -0.25) is 28.8 Å². The van der Waals surface area contributed by atoms with Crippen LogP contribution in [-0.4, -0.2) is 207 Å². The first-order chi connectivity index (χ1) is 43.8. The Labute approximate surface area is 542 Å². The molecule has 3 heterocycles. The van der Waals surface area contributed by atoms with Gasteiger partial charge in [-0.2, -0.15) is 0 Å². The van der Waals surface area contributed by atoms with E-state index >= 15 is 4.79 Å². The van der Waals surface area contributed by atoms with Crippen LogP contribution in [0.4, 0.5) is 21.0 Å². The van der Waals surface area contributed by atoms with E-state index in [1.807, 2.05) is 20.0 Å². The number of benzene rings is 2. The second-order valence-corrected chi connectivity index (χ2v) is 27.5. The van der Waals surface area contributed by atoms with E-state index in [4.69, 9.17) is 28.4 Å². The van der Waals surface area contributed by atoms with Gasteiger partial charge in [0.15, 0.2) is 23.0 Å². The van der Waals surface area contributed by atoms with Gasteiger partial charge >= 0.3 is 12.2 Å². The summed E-state index contributed by atoms with van der Waals surface area (Å²) in [5.41, 5.74) is 5.50. The number of rotatable bonds is 25. The van der Waals surface area contributed by atoms with Gasteiger partial charge in [0, 0.05) is 102 Å². The van der Waals surface area contributed by atoms with Crippen LogP contribution >= 0.6 is 0 Å². The average Bonchev–Trinajstić information content (AvgIpc) is 1.49. The van der Waals surface area contributed by atoms with Crippen molar-refractivity contribution in [2.24, 2.45) is 11.8 Å². The van der Waals surface area contributed by atoms with Crippen molar-refractivity contribution < 1.29 is 66.8 Å². The number of hydrogen-bond acceptors (Lipinski definition) is 16. The summed E-state index contributed by atoms with van der Waals surface area (Å²) in [6.07, 6.45) is 8.60. The molecule has 0 bridgehead atoms. The second kappa shape index (κ2) is 29.9. The Bertz CT molecular complexity index is 3210. The molecule has 2 aromatic rings. The van der Waals surface area contributed by atoms with Gasteiger partial charge in [-0.25, -0.2) is 9.59 Å². The lowest BCUT2D eigenvalue weighted by molar-refractivity contribution is -0.155. The summed E-state index contributed by atoms with van der Waals surface area (Å²) in [5.74, 6) is 6.27. The summed E-state index contributed by atoms with van der Waals surface area (Å²) in [7, 11) is 2.01. The van der Waals surface area contributed by atoms with Gasteiger partial charge in [-0.1, -0.05) is 35.8 Å². The van der Waals surface area contributed by atoms with E-state index in [0.717, 1.165) is 44.2 Å². The van der Waals surface area contributed by atoms with E-state index < -0.39 is 47.3 Å². The minimum Gasteiger partial charge on any atom is -0.444 e. The van der Waals surface area contributed by atoms with Gasteiger partial charge < -0.3 is 63.6 Å². The minimum atomic E-state index is -1.15. The number of hydrogen-bond donors (Lipinski definition) is 2. The van der Waals surface area contributed by atoms with Crippen LogP contribution in [-0.2, 0) is 47.6 Å². The van der Waals surface area contributed by atoms with Crippen LogP contribution in [0.2, 0.25) is 0 Å². The highest BCUT2D eigenvalue weighted by atomic mass is 16.6. The van der Waals surface area contributed by atoms with E-state index in [1.165, 1.54) is 55.7 Å². The smallest absolute Gasteiger partial charge is 0.410 e. The number of fused-ring (bicyclic) bond motifs is 3. The standard InChI is InChI=1S/C71H97N7O14/c1-11-28-70-29-27-57-55-25-21-50-43-52(81)24-26-54(50)63(55)56(44-71(57,70)92-70)49-19-22-51(23-20-49)74(10)32-13-18-61(82)77-35-33-76(67(86)91-69(7,8)9)46-60(77)65(84)78-36-34-75(66(85)90-68(4,5)6)45-59(78)64(83)73-31-15-38-88-40-42-89-41-39-87-37-14-30-72-58-17-12-16-53(47(2)79)62(58)48(3)80/h12,16-17,19-20,22-23,43,55-57,59-60,72H,13-15,18,21,24-27,29-42,44-46H2,1-10H3,(H,73,83). The fourth-order valence-electron chi connectivity index (χ4n) is 14.7. The first-order valence-corrected chi connectivity index (χ1v) is 33.2. The highest BCUT2D eigenvalue weighted by Gasteiger charge is 2.79. The van der Waals surface area contributed by atoms with Gasteiger partial charge in [0.1, 0.15) is 28.9 Å². The van der Waals surface area contributed by atoms with Crippen molar-refractivity contribution in [3.63, 3.8) is 0 Å². The minimum absolute atomic E-state index is 0.0279. The first kappa shape index (κ1) is 69.2. The molecule has 0 aromatic heterocycles. The Hall–Kier alpha value is -7.12. The zero-order valence-corrected chi connectivity index (χ0v) is 55.8. The molecule has 2 aromatic carbocycles. The largest absolute Gasteiger partial charge is 0.444 e. The van der Waals surface area contributed by atoms with Crippen LogP contribution < -0.4 is 15.5 Å². The van der Waals surface area contributed by atoms with Gasteiger partial charge in [-0.05, 0) is 173 Å². The zero-order chi connectivity index (χ0) is 66.1. The molecule has 7 unspecified atom stereocenters. The van der Waals surface area contributed by atoms with Crippen molar-refractivity contribution in [1.82, 2.24) is 24.9 Å². The highest BCUT2D eigenvalue weighted by molar-refractivity contribution is 6.10. The van der Waals surface area contributed by atoms with E-state index in [-0.39, 0.29) is 92.6 Å². The predicted molar refractivity (Wildman–Crippen MR) is 347 cm³/mol. The molecule has 7 aliphatic rings. The molecule has 7 atom stereocenters.